The van der Waals surface area contributed by atoms with E-state index in [2.05, 4.69) is 65.1 Å². The van der Waals surface area contributed by atoms with E-state index >= 15 is 0 Å². The number of fused-ring (bicyclic) bond motifs is 1. The highest BCUT2D eigenvalue weighted by atomic mass is 32.1. The molecule has 4 nitrogen and oxygen atoms in total. The summed E-state index contributed by atoms with van der Waals surface area (Å²) >= 11 is 1.87. The van der Waals surface area contributed by atoms with E-state index in [9.17, 15) is 0 Å². The molecule has 1 N–H and O–H groups in total. The van der Waals surface area contributed by atoms with Crippen LogP contribution in [0.2, 0.25) is 0 Å². The molecule has 0 saturated heterocycles. The Morgan fingerprint density at radius 3 is 2.90 bits per heavy atom. The molecule has 21 heavy (non-hydrogen) atoms. The highest BCUT2D eigenvalue weighted by Crippen LogP contribution is 2.34. The highest BCUT2D eigenvalue weighted by molar-refractivity contribution is 7.19. The standard InChI is InChI=1S/C16H20N4S/c1-4-20-10-18-19-15(20)9-17-12(3)16-11(2)13-7-5-6-8-14(13)21-16/h5-8,10,12,17H,4,9H2,1-3H3. The summed E-state index contributed by atoms with van der Waals surface area (Å²) in [5, 5.41) is 13.1. The van der Waals surface area contributed by atoms with Gasteiger partial charge in [0.1, 0.15) is 12.2 Å². The molecule has 110 valence electrons. The van der Waals surface area contributed by atoms with E-state index in [1.54, 1.807) is 6.33 Å². The van der Waals surface area contributed by atoms with Gasteiger partial charge in [0.2, 0.25) is 0 Å². The third kappa shape index (κ3) is 2.71. The van der Waals surface area contributed by atoms with Gasteiger partial charge in [-0.2, -0.15) is 0 Å². The van der Waals surface area contributed by atoms with Crippen molar-refractivity contribution in [3.63, 3.8) is 0 Å². The monoisotopic (exact) mass is 300 g/mol. The second-order valence-electron chi connectivity index (χ2n) is 5.22. The van der Waals surface area contributed by atoms with E-state index in [1.807, 2.05) is 11.3 Å². The minimum absolute atomic E-state index is 0.310. The fourth-order valence-corrected chi connectivity index (χ4v) is 3.86. The molecule has 0 fully saturated rings. The van der Waals surface area contributed by atoms with Crippen molar-refractivity contribution in [1.29, 1.82) is 0 Å². The average molecular weight is 300 g/mol. The molecular weight excluding hydrogens is 280 g/mol. The van der Waals surface area contributed by atoms with Gasteiger partial charge in [-0.25, -0.2) is 0 Å². The predicted octanol–water partition coefficient (Wildman–Crippen LogP) is 3.67. The summed E-state index contributed by atoms with van der Waals surface area (Å²) in [6.45, 7) is 8.17. The van der Waals surface area contributed by atoms with Crippen LogP contribution < -0.4 is 5.32 Å². The molecule has 0 spiro atoms. The van der Waals surface area contributed by atoms with Crippen molar-refractivity contribution in [2.75, 3.05) is 0 Å². The van der Waals surface area contributed by atoms with Gasteiger partial charge in [-0.1, -0.05) is 18.2 Å². The van der Waals surface area contributed by atoms with Crippen LogP contribution in [0.15, 0.2) is 30.6 Å². The number of aromatic nitrogens is 3. The Morgan fingerprint density at radius 1 is 1.33 bits per heavy atom. The summed E-state index contributed by atoms with van der Waals surface area (Å²) in [5.74, 6) is 0.989. The minimum atomic E-state index is 0.310. The number of benzene rings is 1. The van der Waals surface area contributed by atoms with Gasteiger partial charge in [-0.15, -0.1) is 21.5 Å². The van der Waals surface area contributed by atoms with Crippen LogP contribution in [0, 0.1) is 6.92 Å². The molecule has 0 radical (unpaired) electrons. The first-order valence-corrected chi connectivity index (χ1v) is 8.10. The number of hydrogen-bond acceptors (Lipinski definition) is 4. The molecule has 0 saturated carbocycles. The lowest BCUT2D eigenvalue weighted by Crippen LogP contribution is -2.20. The first-order valence-electron chi connectivity index (χ1n) is 7.28. The van der Waals surface area contributed by atoms with E-state index < -0.39 is 0 Å². The van der Waals surface area contributed by atoms with Crippen LogP contribution in [0.4, 0.5) is 0 Å². The molecule has 2 aromatic heterocycles. The molecule has 0 aliphatic heterocycles. The van der Waals surface area contributed by atoms with Gasteiger partial charge in [-0.3, -0.25) is 0 Å². The van der Waals surface area contributed by atoms with Crippen molar-refractivity contribution < 1.29 is 0 Å². The van der Waals surface area contributed by atoms with Crippen molar-refractivity contribution in [2.45, 2.75) is 39.9 Å². The zero-order valence-electron chi connectivity index (χ0n) is 12.6. The Balaban J connectivity index is 1.78. The van der Waals surface area contributed by atoms with Gasteiger partial charge in [-0.05, 0) is 37.8 Å². The summed E-state index contributed by atoms with van der Waals surface area (Å²) in [5.41, 5.74) is 1.38. The van der Waals surface area contributed by atoms with E-state index in [0.717, 1.165) is 18.9 Å². The number of aryl methyl sites for hydroxylation is 2. The molecule has 5 heteroatoms. The molecule has 3 rings (SSSR count). The Kier molecular flexibility index (Phi) is 4.03. The number of thiophene rings is 1. The van der Waals surface area contributed by atoms with Crippen LogP contribution in [-0.4, -0.2) is 14.8 Å². The van der Waals surface area contributed by atoms with Crippen molar-refractivity contribution in [1.82, 2.24) is 20.1 Å². The minimum Gasteiger partial charge on any atom is -0.317 e. The molecule has 3 aromatic rings. The van der Waals surface area contributed by atoms with Crippen molar-refractivity contribution in [3.05, 3.63) is 46.9 Å². The number of hydrogen-bond donors (Lipinski definition) is 1. The zero-order valence-corrected chi connectivity index (χ0v) is 13.4. The summed E-state index contributed by atoms with van der Waals surface area (Å²) in [6, 6.07) is 8.91. The van der Waals surface area contributed by atoms with Crippen molar-refractivity contribution in [2.24, 2.45) is 0 Å². The Labute approximate surface area is 128 Å². The molecule has 1 aromatic carbocycles. The van der Waals surface area contributed by atoms with Gasteiger partial charge >= 0.3 is 0 Å². The number of rotatable bonds is 5. The van der Waals surface area contributed by atoms with Crippen molar-refractivity contribution in [3.8, 4) is 0 Å². The van der Waals surface area contributed by atoms with Crippen LogP contribution in [0.5, 0.6) is 0 Å². The largest absolute Gasteiger partial charge is 0.317 e. The quantitative estimate of drug-likeness (QED) is 0.781. The zero-order chi connectivity index (χ0) is 14.8. The van der Waals surface area contributed by atoms with E-state index in [-0.39, 0.29) is 0 Å². The van der Waals surface area contributed by atoms with Crippen LogP contribution in [-0.2, 0) is 13.1 Å². The van der Waals surface area contributed by atoms with E-state index in [1.165, 1.54) is 20.5 Å². The van der Waals surface area contributed by atoms with Gasteiger partial charge in [0.05, 0.1) is 6.54 Å². The lowest BCUT2D eigenvalue weighted by atomic mass is 10.1. The normalized spacial score (nSPS) is 12.9. The molecular formula is C16H20N4S. The Morgan fingerprint density at radius 2 is 2.14 bits per heavy atom. The molecule has 0 aliphatic rings. The lowest BCUT2D eigenvalue weighted by molar-refractivity contribution is 0.544. The van der Waals surface area contributed by atoms with Gasteiger partial charge in [0, 0.05) is 22.2 Å². The third-order valence-corrected chi connectivity index (χ3v) is 5.33. The van der Waals surface area contributed by atoms with Crippen LogP contribution >= 0.6 is 11.3 Å². The second-order valence-corrected chi connectivity index (χ2v) is 6.31. The molecule has 1 atom stereocenters. The maximum Gasteiger partial charge on any atom is 0.146 e. The maximum absolute atomic E-state index is 4.17. The van der Waals surface area contributed by atoms with Crippen LogP contribution in [0.25, 0.3) is 10.1 Å². The summed E-state index contributed by atoms with van der Waals surface area (Å²) < 4.78 is 3.42. The fraction of sp³-hybridized carbons (Fsp3) is 0.375. The summed E-state index contributed by atoms with van der Waals surface area (Å²) in [7, 11) is 0. The van der Waals surface area contributed by atoms with E-state index in [4.69, 9.17) is 0 Å². The molecule has 0 amide bonds. The lowest BCUT2D eigenvalue weighted by Gasteiger charge is -2.13. The van der Waals surface area contributed by atoms with Crippen molar-refractivity contribution >= 4 is 21.4 Å². The summed E-state index contributed by atoms with van der Waals surface area (Å²) in [6.07, 6.45) is 1.78. The smallest absolute Gasteiger partial charge is 0.146 e. The Hall–Kier alpha value is -1.72. The average Bonchev–Trinajstić information content (AvgIpc) is 3.09. The van der Waals surface area contributed by atoms with Gasteiger partial charge in [0.25, 0.3) is 0 Å². The molecule has 2 heterocycles. The maximum atomic E-state index is 4.17. The molecule has 0 bridgehead atoms. The number of nitrogens with zero attached hydrogens (tertiary/aromatic N) is 3. The summed E-state index contributed by atoms with van der Waals surface area (Å²) in [4.78, 5) is 1.40. The first kappa shape index (κ1) is 14.2. The first-order chi connectivity index (χ1) is 10.2. The molecule has 1 unspecified atom stereocenters. The highest BCUT2D eigenvalue weighted by Gasteiger charge is 2.14. The molecule has 0 aliphatic carbocycles. The predicted molar refractivity (Wildman–Crippen MR) is 87.5 cm³/mol. The van der Waals surface area contributed by atoms with Crippen LogP contribution in [0.3, 0.4) is 0 Å². The fourth-order valence-electron chi connectivity index (χ4n) is 2.62. The Bertz CT molecular complexity index is 744. The number of nitrogens with one attached hydrogen (secondary N) is 1. The third-order valence-electron chi connectivity index (χ3n) is 3.88. The topological polar surface area (TPSA) is 42.7 Å². The van der Waals surface area contributed by atoms with Gasteiger partial charge in [0.15, 0.2) is 0 Å². The SMILES string of the molecule is CCn1cnnc1CNC(C)c1sc2ccccc2c1C. The van der Waals surface area contributed by atoms with Gasteiger partial charge < -0.3 is 9.88 Å². The van der Waals surface area contributed by atoms with Crippen LogP contribution in [0.1, 0.15) is 36.2 Å². The second kappa shape index (κ2) is 5.95. The van der Waals surface area contributed by atoms with E-state index in [0.29, 0.717) is 6.04 Å².